The van der Waals surface area contributed by atoms with Gasteiger partial charge in [-0.1, -0.05) is 33.8 Å². The van der Waals surface area contributed by atoms with E-state index in [1.165, 1.54) is 0 Å². The molecule has 2 aliphatic rings. The van der Waals surface area contributed by atoms with Crippen LogP contribution in [0.3, 0.4) is 0 Å². The summed E-state index contributed by atoms with van der Waals surface area (Å²) in [5.41, 5.74) is -0.355. The SMILES string of the molecule is CC[C@@H]1[C@H]2C[C@H](C(C)(C)C)CC=C2[C@H](C#N)C(=N)C1(C#N)C#N. The maximum absolute atomic E-state index is 9.70. The molecular formula is C19H24N4. The predicted octanol–water partition coefficient (Wildman–Crippen LogP) is 4.22. The van der Waals surface area contributed by atoms with Gasteiger partial charge in [0.15, 0.2) is 5.41 Å². The molecule has 0 saturated heterocycles. The van der Waals surface area contributed by atoms with Crippen LogP contribution in [0.15, 0.2) is 11.6 Å². The maximum Gasteiger partial charge on any atom is 0.185 e. The van der Waals surface area contributed by atoms with Crippen LogP contribution in [0, 0.1) is 73.9 Å². The quantitative estimate of drug-likeness (QED) is 0.734. The van der Waals surface area contributed by atoms with Crippen molar-refractivity contribution in [3.8, 4) is 18.2 Å². The standard InChI is InChI=1S/C19H24N4/c1-5-16-14-8-12(18(2,3)4)6-7-13(14)15(9-20)17(23)19(16,10-21)11-22/h7,12,14-16,23H,5-6,8H2,1-4H3/t12-,14+,15+,16-/m1/s1. The zero-order valence-electron chi connectivity index (χ0n) is 14.3. The van der Waals surface area contributed by atoms with Gasteiger partial charge in [-0.3, -0.25) is 0 Å². The van der Waals surface area contributed by atoms with E-state index < -0.39 is 11.3 Å². The van der Waals surface area contributed by atoms with Crippen LogP contribution in [0.4, 0.5) is 0 Å². The Morgan fingerprint density at radius 2 is 1.87 bits per heavy atom. The van der Waals surface area contributed by atoms with Crippen LogP contribution in [0.5, 0.6) is 0 Å². The molecule has 0 spiro atoms. The minimum absolute atomic E-state index is 0.0199. The molecule has 2 rings (SSSR count). The molecule has 1 N–H and O–H groups in total. The predicted molar refractivity (Wildman–Crippen MR) is 88.0 cm³/mol. The second-order valence-electron chi connectivity index (χ2n) is 7.87. The minimum atomic E-state index is -1.46. The molecule has 0 bridgehead atoms. The summed E-state index contributed by atoms with van der Waals surface area (Å²) in [6.45, 7) is 8.62. The number of nitrogens with zero attached hydrogens (tertiary/aromatic N) is 3. The summed E-state index contributed by atoms with van der Waals surface area (Å²) < 4.78 is 0. The molecule has 0 aromatic heterocycles. The van der Waals surface area contributed by atoms with Crippen LogP contribution in [0.2, 0.25) is 0 Å². The van der Waals surface area contributed by atoms with Gasteiger partial charge in [0.1, 0.15) is 5.92 Å². The van der Waals surface area contributed by atoms with Crippen molar-refractivity contribution in [1.82, 2.24) is 0 Å². The topological polar surface area (TPSA) is 95.2 Å². The second kappa shape index (κ2) is 5.82. The Hall–Kier alpha value is -2.12. The highest BCUT2D eigenvalue weighted by Gasteiger charge is 2.56. The van der Waals surface area contributed by atoms with Crippen LogP contribution < -0.4 is 0 Å². The first-order valence-corrected chi connectivity index (χ1v) is 8.27. The lowest BCUT2D eigenvalue weighted by molar-refractivity contribution is 0.140. The van der Waals surface area contributed by atoms with E-state index in [0.29, 0.717) is 12.3 Å². The molecule has 0 radical (unpaired) electrons. The van der Waals surface area contributed by atoms with E-state index in [9.17, 15) is 15.8 Å². The normalized spacial score (nSPS) is 32.7. The molecule has 4 heteroatoms. The summed E-state index contributed by atoms with van der Waals surface area (Å²) in [6, 6.07) is 6.39. The van der Waals surface area contributed by atoms with Crippen LogP contribution in [-0.2, 0) is 0 Å². The van der Waals surface area contributed by atoms with E-state index in [2.05, 4.69) is 45.1 Å². The number of fused-ring (bicyclic) bond motifs is 1. The van der Waals surface area contributed by atoms with E-state index in [4.69, 9.17) is 5.41 Å². The summed E-state index contributed by atoms with van der Waals surface area (Å²) in [5, 5.41) is 37.3. The fourth-order valence-corrected chi connectivity index (χ4v) is 4.34. The van der Waals surface area contributed by atoms with Gasteiger partial charge < -0.3 is 5.41 Å². The zero-order valence-corrected chi connectivity index (χ0v) is 14.3. The lowest BCUT2D eigenvalue weighted by Gasteiger charge is -2.48. The van der Waals surface area contributed by atoms with E-state index >= 15 is 0 Å². The van der Waals surface area contributed by atoms with E-state index in [1.807, 2.05) is 6.92 Å². The number of hydrogen-bond donors (Lipinski definition) is 1. The fourth-order valence-electron chi connectivity index (χ4n) is 4.34. The molecule has 4 atom stereocenters. The minimum Gasteiger partial charge on any atom is -0.305 e. The van der Waals surface area contributed by atoms with Crippen molar-refractivity contribution < 1.29 is 0 Å². The van der Waals surface area contributed by atoms with Crippen molar-refractivity contribution in [2.24, 2.45) is 34.5 Å². The van der Waals surface area contributed by atoms with Gasteiger partial charge in [-0.15, -0.1) is 0 Å². The third-order valence-electron chi connectivity index (χ3n) is 5.84. The molecule has 1 fully saturated rings. The number of allylic oxidation sites excluding steroid dienone is 2. The highest BCUT2D eigenvalue weighted by atomic mass is 14.6. The van der Waals surface area contributed by atoms with Crippen molar-refractivity contribution in [3.05, 3.63) is 11.6 Å². The Balaban J connectivity index is 2.58. The van der Waals surface area contributed by atoms with Crippen molar-refractivity contribution in [1.29, 1.82) is 21.2 Å². The van der Waals surface area contributed by atoms with E-state index in [0.717, 1.165) is 18.4 Å². The van der Waals surface area contributed by atoms with Gasteiger partial charge in [0.25, 0.3) is 0 Å². The lowest BCUT2D eigenvalue weighted by atomic mass is 9.52. The Morgan fingerprint density at radius 1 is 1.26 bits per heavy atom. The Kier molecular flexibility index (Phi) is 4.37. The molecule has 120 valence electrons. The van der Waals surface area contributed by atoms with Crippen molar-refractivity contribution >= 4 is 5.71 Å². The average Bonchev–Trinajstić information content (AvgIpc) is 2.52. The summed E-state index contributed by atoms with van der Waals surface area (Å²) in [4.78, 5) is 0. The molecule has 0 aromatic rings. The first-order chi connectivity index (χ1) is 10.8. The van der Waals surface area contributed by atoms with Crippen LogP contribution in [0.1, 0.15) is 47.0 Å². The van der Waals surface area contributed by atoms with Gasteiger partial charge in [-0.2, -0.15) is 15.8 Å². The van der Waals surface area contributed by atoms with Gasteiger partial charge in [0.2, 0.25) is 0 Å². The summed E-state index contributed by atoms with van der Waals surface area (Å²) in [6.07, 6.45) is 4.59. The Bertz CT molecular complexity index is 645. The van der Waals surface area contributed by atoms with Gasteiger partial charge in [0.05, 0.1) is 23.9 Å². The Morgan fingerprint density at radius 3 is 2.30 bits per heavy atom. The van der Waals surface area contributed by atoms with E-state index in [-0.39, 0.29) is 23.0 Å². The molecule has 4 nitrogen and oxygen atoms in total. The van der Waals surface area contributed by atoms with Crippen molar-refractivity contribution in [2.75, 3.05) is 0 Å². The highest BCUT2D eigenvalue weighted by Crippen LogP contribution is 2.54. The van der Waals surface area contributed by atoms with Crippen molar-refractivity contribution in [3.63, 3.8) is 0 Å². The molecule has 0 aliphatic heterocycles. The number of nitrogens with one attached hydrogen (secondary N) is 1. The summed E-state index contributed by atoms with van der Waals surface area (Å²) >= 11 is 0. The van der Waals surface area contributed by atoms with Gasteiger partial charge in [-0.05, 0) is 42.1 Å². The highest BCUT2D eigenvalue weighted by molar-refractivity contribution is 5.99. The Labute approximate surface area is 138 Å². The lowest BCUT2D eigenvalue weighted by Crippen LogP contribution is -2.51. The first kappa shape index (κ1) is 17.2. The number of rotatable bonds is 1. The zero-order chi connectivity index (χ0) is 17.4. The van der Waals surface area contributed by atoms with Crippen LogP contribution in [-0.4, -0.2) is 5.71 Å². The monoisotopic (exact) mass is 308 g/mol. The first-order valence-electron chi connectivity index (χ1n) is 8.27. The third-order valence-corrected chi connectivity index (χ3v) is 5.84. The largest absolute Gasteiger partial charge is 0.305 e. The maximum atomic E-state index is 9.70. The molecule has 0 unspecified atom stereocenters. The number of hydrogen-bond acceptors (Lipinski definition) is 4. The van der Waals surface area contributed by atoms with Crippen LogP contribution >= 0.6 is 0 Å². The molecular weight excluding hydrogens is 284 g/mol. The average molecular weight is 308 g/mol. The fraction of sp³-hybridized carbons (Fsp3) is 0.684. The second-order valence-corrected chi connectivity index (χ2v) is 7.87. The molecule has 0 amide bonds. The number of nitriles is 3. The van der Waals surface area contributed by atoms with Gasteiger partial charge >= 0.3 is 0 Å². The third kappa shape index (κ3) is 2.46. The summed E-state index contributed by atoms with van der Waals surface area (Å²) in [7, 11) is 0. The van der Waals surface area contributed by atoms with Gasteiger partial charge in [-0.25, -0.2) is 0 Å². The molecule has 0 aromatic carbocycles. The van der Waals surface area contributed by atoms with Gasteiger partial charge in [0, 0.05) is 5.92 Å². The van der Waals surface area contributed by atoms with E-state index in [1.54, 1.807) is 0 Å². The van der Waals surface area contributed by atoms with Crippen molar-refractivity contribution in [2.45, 2.75) is 47.0 Å². The molecule has 1 saturated carbocycles. The molecule has 2 aliphatic carbocycles. The smallest absolute Gasteiger partial charge is 0.185 e. The van der Waals surface area contributed by atoms with Crippen LogP contribution in [0.25, 0.3) is 0 Å². The summed E-state index contributed by atoms with van der Waals surface area (Å²) in [5.74, 6) is -0.406. The molecule has 0 heterocycles. The molecule has 23 heavy (non-hydrogen) atoms.